The summed E-state index contributed by atoms with van der Waals surface area (Å²) in [5.74, 6) is 0.491. The monoisotopic (exact) mass is 281 g/mol. The topological polar surface area (TPSA) is 29.5 Å². The van der Waals surface area contributed by atoms with E-state index in [1.807, 2.05) is 33.4 Å². The van der Waals surface area contributed by atoms with E-state index in [0.717, 1.165) is 12.8 Å². The molecule has 3 nitrogen and oxygen atoms in total. The van der Waals surface area contributed by atoms with Crippen LogP contribution in [0.4, 0.5) is 4.79 Å². The molecule has 110 valence electrons. The number of ether oxygens (including phenoxy) is 1. The van der Waals surface area contributed by atoms with Crippen molar-refractivity contribution in [3.63, 3.8) is 0 Å². The molecule has 1 fully saturated rings. The quantitative estimate of drug-likeness (QED) is 0.574. The average Bonchev–Trinajstić information content (AvgIpc) is 2.37. The van der Waals surface area contributed by atoms with Crippen molar-refractivity contribution in [3.8, 4) is 0 Å². The van der Waals surface area contributed by atoms with Crippen LogP contribution in [0.15, 0.2) is 30.3 Å². The Morgan fingerprint density at radius 1 is 1.29 bits per heavy atom. The Labute approximate surface area is 140 Å². The Balaban J connectivity index is 0.00000220. The van der Waals surface area contributed by atoms with E-state index in [1.54, 1.807) is 4.90 Å². The maximum atomic E-state index is 12.1. The second-order valence-electron chi connectivity index (χ2n) is 6.50. The van der Waals surface area contributed by atoms with Gasteiger partial charge in [0.2, 0.25) is 0 Å². The summed E-state index contributed by atoms with van der Waals surface area (Å²) in [5, 5.41) is 0. The van der Waals surface area contributed by atoms with Crippen molar-refractivity contribution >= 4 is 6.09 Å². The van der Waals surface area contributed by atoms with E-state index in [4.69, 9.17) is 4.74 Å². The van der Waals surface area contributed by atoms with E-state index in [2.05, 4.69) is 31.2 Å². The summed E-state index contributed by atoms with van der Waals surface area (Å²) >= 11 is 0. The molecule has 2 rings (SSSR count). The van der Waals surface area contributed by atoms with Gasteiger partial charge in [-0.3, -0.25) is 0 Å². The molecular formula is C17H24LiNO2. The van der Waals surface area contributed by atoms with Crippen LogP contribution in [0.3, 0.4) is 0 Å². The molecule has 0 aliphatic carbocycles. The van der Waals surface area contributed by atoms with E-state index in [1.165, 1.54) is 5.56 Å². The predicted molar refractivity (Wildman–Crippen MR) is 80.3 cm³/mol. The van der Waals surface area contributed by atoms with Crippen LogP contribution in [-0.2, 0) is 4.74 Å². The van der Waals surface area contributed by atoms with E-state index < -0.39 is 5.60 Å². The fourth-order valence-electron chi connectivity index (χ4n) is 2.61. The number of benzene rings is 1. The Morgan fingerprint density at radius 2 is 1.90 bits per heavy atom. The molecule has 1 aromatic carbocycles. The molecule has 0 radical (unpaired) electrons. The molecule has 0 spiro atoms. The number of carbonyl (C=O) groups is 1. The molecular weight excluding hydrogens is 257 g/mol. The Hall–Kier alpha value is -0.913. The molecule has 1 saturated heterocycles. The molecule has 4 heteroatoms. The Morgan fingerprint density at radius 3 is 2.43 bits per heavy atom. The number of amides is 1. The number of rotatable bonds is 1. The molecule has 2 atom stereocenters. The maximum absolute atomic E-state index is 12.1. The molecule has 0 bridgehead atoms. The smallest absolute Gasteiger partial charge is 0.455 e. The summed E-state index contributed by atoms with van der Waals surface area (Å²) in [6, 6.07) is 10.7. The van der Waals surface area contributed by atoms with Crippen LogP contribution in [0, 0.1) is 6.54 Å². The molecule has 0 aromatic heterocycles. The van der Waals surface area contributed by atoms with Crippen molar-refractivity contribution in [3.05, 3.63) is 42.4 Å². The van der Waals surface area contributed by atoms with Gasteiger partial charge in [0.15, 0.2) is 0 Å². The molecule has 21 heavy (non-hydrogen) atoms. The van der Waals surface area contributed by atoms with Crippen LogP contribution in [0.5, 0.6) is 0 Å². The van der Waals surface area contributed by atoms with Gasteiger partial charge in [0.25, 0.3) is 0 Å². The van der Waals surface area contributed by atoms with Gasteiger partial charge in [-0.15, -0.1) is 0 Å². The van der Waals surface area contributed by atoms with Gasteiger partial charge in [-0.05, 0) is 45.6 Å². The zero-order valence-electron chi connectivity index (χ0n) is 13.8. The van der Waals surface area contributed by atoms with Gasteiger partial charge in [0, 0.05) is 6.04 Å². The summed E-state index contributed by atoms with van der Waals surface area (Å²) < 4.78 is 5.44. The molecule has 0 N–H and O–H groups in total. The maximum Gasteiger partial charge on any atom is 1.00 e. The molecule has 0 unspecified atom stereocenters. The third kappa shape index (κ3) is 5.09. The summed E-state index contributed by atoms with van der Waals surface area (Å²) in [6.07, 6.45) is 1.62. The summed E-state index contributed by atoms with van der Waals surface area (Å²) in [7, 11) is 0. The van der Waals surface area contributed by atoms with Gasteiger partial charge in [-0.2, -0.15) is 6.42 Å². The Kier molecular flexibility index (Phi) is 6.37. The largest absolute Gasteiger partial charge is 1.00 e. The van der Waals surface area contributed by atoms with Gasteiger partial charge < -0.3 is 9.64 Å². The van der Waals surface area contributed by atoms with Crippen molar-refractivity contribution < 1.29 is 28.4 Å². The fraction of sp³-hybridized carbons (Fsp3) is 0.529. The van der Waals surface area contributed by atoms with E-state index in [0.29, 0.717) is 5.92 Å². The molecule has 1 heterocycles. The normalized spacial score (nSPS) is 22.4. The number of likely N-dealkylation sites (tertiary alicyclic amines) is 1. The van der Waals surface area contributed by atoms with Gasteiger partial charge in [0.1, 0.15) is 5.60 Å². The minimum absolute atomic E-state index is 0. The first-order valence-electron chi connectivity index (χ1n) is 7.26. The van der Waals surface area contributed by atoms with Crippen LogP contribution in [0.2, 0.25) is 0 Å². The first-order chi connectivity index (χ1) is 9.37. The molecule has 1 aliphatic rings. The second kappa shape index (κ2) is 7.38. The van der Waals surface area contributed by atoms with Crippen LogP contribution in [-0.4, -0.2) is 22.6 Å². The van der Waals surface area contributed by atoms with Gasteiger partial charge in [0.05, 0.1) is 0 Å². The van der Waals surface area contributed by atoms with Crippen LogP contribution < -0.4 is 18.9 Å². The third-order valence-electron chi connectivity index (χ3n) is 3.56. The first kappa shape index (κ1) is 18.1. The third-order valence-corrected chi connectivity index (χ3v) is 3.56. The predicted octanol–water partition coefficient (Wildman–Crippen LogP) is 1.36. The number of nitrogens with zero attached hydrogens (tertiary/aromatic N) is 1. The summed E-state index contributed by atoms with van der Waals surface area (Å²) in [6.45, 7) is 9.75. The zero-order chi connectivity index (χ0) is 14.8. The molecule has 1 aromatic rings. The molecule has 0 saturated carbocycles. The van der Waals surface area contributed by atoms with Crippen molar-refractivity contribution in [1.29, 1.82) is 0 Å². The van der Waals surface area contributed by atoms with Gasteiger partial charge in [-0.25, -0.2) is 11.3 Å². The number of hydrogen-bond donors (Lipinski definition) is 0. The molecule has 1 amide bonds. The summed E-state index contributed by atoms with van der Waals surface area (Å²) in [5.41, 5.74) is 0.903. The van der Waals surface area contributed by atoms with E-state index >= 15 is 0 Å². The van der Waals surface area contributed by atoms with Crippen molar-refractivity contribution in [2.45, 2.75) is 58.1 Å². The number of carbonyl (C=O) groups excluding carboxylic acids is 1. The summed E-state index contributed by atoms with van der Waals surface area (Å²) in [4.78, 5) is 13.9. The first-order valence-corrected chi connectivity index (χ1v) is 7.26. The van der Waals surface area contributed by atoms with Crippen LogP contribution >= 0.6 is 0 Å². The minimum Gasteiger partial charge on any atom is -0.455 e. The van der Waals surface area contributed by atoms with E-state index in [9.17, 15) is 4.79 Å². The van der Waals surface area contributed by atoms with Crippen LogP contribution in [0.1, 0.15) is 52.0 Å². The zero-order valence-corrected chi connectivity index (χ0v) is 13.8. The van der Waals surface area contributed by atoms with E-state index in [-0.39, 0.29) is 31.0 Å². The van der Waals surface area contributed by atoms with Gasteiger partial charge >= 0.3 is 25.0 Å². The van der Waals surface area contributed by atoms with Gasteiger partial charge in [-0.1, -0.05) is 30.3 Å². The second-order valence-corrected chi connectivity index (χ2v) is 6.50. The van der Waals surface area contributed by atoms with Crippen molar-refractivity contribution in [2.24, 2.45) is 0 Å². The fourth-order valence-corrected chi connectivity index (χ4v) is 2.61. The standard InChI is InChI=1S/C17H24NO2.Li/c1-13-12-15(14-8-6-5-7-9-14)10-11-18(13)16(19)20-17(2,3)4;/h5-9,11,13,15H,10,12H2,1-4H3;/q-1;+1/t13-,15-;/m0./s1. The number of hydrogen-bond acceptors (Lipinski definition) is 2. The molecule has 1 aliphatic heterocycles. The minimum atomic E-state index is -0.444. The SMILES string of the molecule is C[C@H]1C[C@@H](c2ccccc2)C[CH-]N1C(=O)OC(C)(C)C.[Li+]. The average molecular weight is 281 g/mol. The number of piperidine rings is 1. The van der Waals surface area contributed by atoms with Crippen molar-refractivity contribution in [1.82, 2.24) is 4.90 Å². The Bertz CT molecular complexity index is 456. The van der Waals surface area contributed by atoms with Crippen LogP contribution in [0.25, 0.3) is 0 Å². The van der Waals surface area contributed by atoms with Crippen molar-refractivity contribution in [2.75, 3.05) is 0 Å².